The lowest BCUT2D eigenvalue weighted by molar-refractivity contribution is -0.252. The van der Waals surface area contributed by atoms with Crippen LogP contribution in [0.25, 0.3) is 0 Å². The van der Waals surface area contributed by atoms with Crippen molar-refractivity contribution in [3.05, 3.63) is 33.1 Å². The third-order valence-corrected chi connectivity index (χ3v) is 8.23. The van der Waals surface area contributed by atoms with E-state index in [2.05, 4.69) is 4.98 Å². The Labute approximate surface area is 205 Å². The average Bonchev–Trinajstić information content (AvgIpc) is 3.47. The van der Waals surface area contributed by atoms with E-state index < -0.39 is 62.1 Å². The Bertz CT molecular complexity index is 1080. The van der Waals surface area contributed by atoms with Gasteiger partial charge in [-0.2, -0.15) is 0 Å². The smallest absolute Gasteiger partial charge is 0.340 e. The molecule has 1 spiro atoms. The van der Waals surface area contributed by atoms with Crippen molar-refractivity contribution in [2.24, 2.45) is 0 Å². The maximum absolute atomic E-state index is 14.7. The van der Waals surface area contributed by atoms with Crippen molar-refractivity contribution in [1.82, 2.24) is 9.55 Å². The first kappa shape index (κ1) is 26.6. The Balaban J connectivity index is 1.54. The first-order valence-corrected chi connectivity index (χ1v) is 13.6. The second kappa shape index (κ2) is 10.5. The molecule has 3 heterocycles. The highest BCUT2D eigenvalue weighted by Gasteiger charge is 2.73. The summed E-state index contributed by atoms with van der Waals surface area (Å²) in [5, 5.41) is -0.0115. The zero-order valence-electron chi connectivity index (χ0n) is 19.5. The average molecular weight is 536 g/mol. The number of hydrogen-bond donors (Lipinski definition) is 1. The van der Waals surface area contributed by atoms with Gasteiger partial charge in [0.25, 0.3) is 5.56 Å². The second-order valence-electron chi connectivity index (χ2n) is 8.99. The zero-order chi connectivity index (χ0) is 25.3. The fraction of sp³-hybridized carbons (Fsp3) is 0.762. The molecule has 2 aliphatic heterocycles. The van der Waals surface area contributed by atoms with Crippen LogP contribution in [-0.4, -0.2) is 63.4 Å². The fourth-order valence-electron chi connectivity index (χ4n) is 4.92. The van der Waals surface area contributed by atoms with E-state index in [1.54, 1.807) is 13.8 Å². The van der Waals surface area contributed by atoms with Crippen LogP contribution in [0.2, 0.25) is 0 Å². The molecule has 0 amide bonds. The molecule has 3 aliphatic rings. The molecule has 0 radical (unpaired) electrons. The highest BCUT2D eigenvalue weighted by atomic mass is 32.2. The number of ether oxygens (including phenoxy) is 3. The van der Waals surface area contributed by atoms with Crippen LogP contribution >= 0.6 is 20.0 Å². The molecule has 5 atom stereocenters. The molecule has 1 aliphatic carbocycles. The molecule has 2 unspecified atom stereocenters. The number of nitrogens with zero attached hydrogens (tertiary/aromatic N) is 1. The third-order valence-electron chi connectivity index (χ3n) is 6.52. The maximum atomic E-state index is 14.7. The molecule has 1 aromatic rings. The summed E-state index contributed by atoms with van der Waals surface area (Å²) < 4.78 is 57.4. The van der Waals surface area contributed by atoms with E-state index in [0.717, 1.165) is 35.2 Å². The lowest BCUT2D eigenvalue weighted by Crippen LogP contribution is -2.51. The van der Waals surface area contributed by atoms with Gasteiger partial charge in [0.2, 0.25) is 0 Å². The minimum absolute atomic E-state index is 0.00829. The van der Waals surface area contributed by atoms with Crippen LogP contribution in [0.1, 0.15) is 52.2 Å². The number of hydrogen-bond acceptors (Lipinski definition) is 10. The Kier molecular flexibility index (Phi) is 7.97. The van der Waals surface area contributed by atoms with Crippen LogP contribution in [0.3, 0.4) is 0 Å². The minimum Gasteiger partial charge on any atom is -0.340 e. The Hall–Kier alpha value is -1.47. The summed E-state index contributed by atoms with van der Waals surface area (Å²) in [6.45, 7) is 1.85. The van der Waals surface area contributed by atoms with Crippen molar-refractivity contribution in [3.8, 4) is 0 Å². The summed E-state index contributed by atoms with van der Waals surface area (Å²) in [5.41, 5.74) is -4.38. The Morgan fingerprint density at radius 2 is 2.06 bits per heavy atom. The molecule has 4 rings (SSSR count). The molecule has 35 heavy (non-hydrogen) atoms. The summed E-state index contributed by atoms with van der Waals surface area (Å²) in [6.07, 6.45) is 2.42. The van der Waals surface area contributed by atoms with Crippen LogP contribution in [0, 0.1) is 0 Å². The minimum atomic E-state index is -2.64. The van der Waals surface area contributed by atoms with Crippen molar-refractivity contribution in [1.29, 1.82) is 0 Å². The number of rotatable bonds is 10. The SMILES string of the molecule is CCC(=O)SCCO[P+](=O)OC[C@@]1(CF)O[C@@H](n2ccc(=O)[nH]c2=O)C2(C)OC3(CCCC3)O[C@@H]21. The van der Waals surface area contributed by atoms with Crippen molar-refractivity contribution in [2.75, 3.05) is 25.6 Å². The predicted molar refractivity (Wildman–Crippen MR) is 123 cm³/mol. The van der Waals surface area contributed by atoms with Gasteiger partial charge in [-0.3, -0.25) is 19.1 Å². The zero-order valence-corrected chi connectivity index (χ0v) is 21.2. The van der Waals surface area contributed by atoms with Gasteiger partial charge in [0.05, 0.1) is 0 Å². The molecular weight excluding hydrogens is 506 g/mol. The largest absolute Gasteiger partial charge is 0.697 e. The van der Waals surface area contributed by atoms with Gasteiger partial charge >= 0.3 is 13.9 Å². The van der Waals surface area contributed by atoms with E-state index in [1.165, 1.54) is 6.20 Å². The van der Waals surface area contributed by atoms with Crippen LogP contribution < -0.4 is 11.2 Å². The standard InChI is InChI=1S/C21H28FN2O9PS/c1-3-15(26)35-11-10-29-34(28)30-13-20(12-22)16-19(2,33-21(31-16)7-4-5-8-21)17(32-20)24-9-6-14(25)23-18(24)27/h6,9,16-17H,3-5,7-8,10-13H2,1-2H3/p+1/t16-,17+,19?,20+/m0/s1. The molecule has 1 N–H and O–H groups in total. The van der Waals surface area contributed by atoms with Gasteiger partial charge in [0.15, 0.2) is 22.7 Å². The predicted octanol–water partition coefficient (Wildman–Crippen LogP) is 2.58. The Morgan fingerprint density at radius 3 is 2.71 bits per heavy atom. The molecule has 0 bridgehead atoms. The molecule has 0 aromatic carbocycles. The number of thioether (sulfide) groups is 1. The van der Waals surface area contributed by atoms with E-state index in [1.807, 2.05) is 0 Å². The molecule has 11 nitrogen and oxygen atoms in total. The number of carbonyl (C=O) groups is 1. The van der Waals surface area contributed by atoms with Crippen molar-refractivity contribution < 1.29 is 37.0 Å². The summed E-state index contributed by atoms with van der Waals surface area (Å²) in [4.78, 5) is 37.7. The van der Waals surface area contributed by atoms with Gasteiger partial charge < -0.3 is 14.2 Å². The van der Waals surface area contributed by atoms with Crippen LogP contribution in [-0.2, 0) is 32.6 Å². The molecule has 1 aromatic heterocycles. The molecule has 14 heteroatoms. The van der Waals surface area contributed by atoms with Gasteiger partial charge in [-0.1, -0.05) is 18.7 Å². The number of alkyl halides is 1. The van der Waals surface area contributed by atoms with Crippen LogP contribution in [0.5, 0.6) is 0 Å². The summed E-state index contributed by atoms with van der Waals surface area (Å²) in [7, 11) is -2.64. The summed E-state index contributed by atoms with van der Waals surface area (Å²) in [5.74, 6) is -0.644. The lowest BCUT2D eigenvalue weighted by atomic mass is 9.88. The maximum Gasteiger partial charge on any atom is 0.697 e. The molecule has 1 saturated carbocycles. The number of fused-ring (bicyclic) bond motifs is 1. The number of aromatic nitrogens is 2. The van der Waals surface area contributed by atoms with Crippen molar-refractivity contribution >= 4 is 25.1 Å². The van der Waals surface area contributed by atoms with E-state index in [9.17, 15) is 23.3 Å². The highest BCUT2D eigenvalue weighted by Crippen LogP contribution is 2.58. The number of H-pyrrole nitrogens is 1. The van der Waals surface area contributed by atoms with Crippen molar-refractivity contribution in [2.45, 2.75) is 75.3 Å². The monoisotopic (exact) mass is 535 g/mol. The van der Waals surface area contributed by atoms with E-state index in [0.29, 0.717) is 25.0 Å². The van der Waals surface area contributed by atoms with Crippen LogP contribution in [0.4, 0.5) is 4.39 Å². The van der Waals surface area contributed by atoms with Gasteiger partial charge in [-0.05, 0) is 19.8 Å². The fourth-order valence-corrected chi connectivity index (χ4v) is 6.28. The second-order valence-corrected chi connectivity index (χ2v) is 11.1. The summed E-state index contributed by atoms with van der Waals surface area (Å²) in [6, 6.07) is 1.16. The lowest BCUT2D eigenvalue weighted by Gasteiger charge is -2.32. The van der Waals surface area contributed by atoms with Crippen molar-refractivity contribution in [3.63, 3.8) is 0 Å². The highest BCUT2D eigenvalue weighted by molar-refractivity contribution is 8.13. The normalized spacial score (nSPS) is 31.7. The van der Waals surface area contributed by atoms with Gasteiger partial charge in [0.1, 0.15) is 31.6 Å². The van der Waals surface area contributed by atoms with Gasteiger partial charge in [-0.25, -0.2) is 9.18 Å². The van der Waals surface area contributed by atoms with E-state index in [4.69, 9.17) is 23.3 Å². The number of halogens is 1. The Morgan fingerprint density at radius 1 is 1.31 bits per heavy atom. The molecule has 3 fully saturated rings. The first-order chi connectivity index (χ1) is 16.7. The quantitative estimate of drug-likeness (QED) is 0.352. The molecular formula is C21H29FN2O9PS+. The summed E-state index contributed by atoms with van der Waals surface area (Å²) >= 11 is 1.06. The third kappa shape index (κ3) is 5.18. The van der Waals surface area contributed by atoms with E-state index in [-0.39, 0.29) is 11.7 Å². The number of aromatic amines is 1. The van der Waals surface area contributed by atoms with Gasteiger partial charge in [-0.15, -0.1) is 9.05 Å². The topological polar surface area (TPSA) is 135 Å². The first-order valence-electron chi connectivity index (χ1n) is 11.5. The van der Waals surface area contributed by atoms with Gasteiger partial charge in [0, 0.05) is 41.8 Å². The number of nitrogens with one attached hydrogen (secondary N) is 1. The number of carbonyl (C=O) groups excluding carboxylic acids is 1. The molecule has 194 valence electrons. The molecule has 2 saturated heterocycles. The van der Waals surface area contributed by atoms with E-state index >= 15 is 0 Å². The van der Waals surface area contributed by atoms with Crippen LogP contribution in [0.15, 0.2) is 21.9 Å².